The number of hydrogen-bond acceptors (Lipinski definition) is 3. The SMILES string of the molecule is Brc1cnc2c(NC3CC=CCC3)ccnc2c1. The molecule has 0 aliphatic heterocycles. The zero-order valence-corrected chi connectivity index (χ0v) is 11.5. The Balaban J connectivity index is 1.93. The van der Waals surface area contributed by atoms with Crippen LogP contribution in [-0.2, 0) is 0 Å². The van der Waals surface area contributed by atoms with Crippen molar-refractivity contribution in [2.75, 3.05) is 5.32 Å². The summed E-state index contributed by atoms with van der Waals surface area (Å²) in [6.45, 7) is 0. The molecule has 1 aliphatic carbocycles. The summed E-state index contributed by atoms with van der Waals surface area (Å²) >= 11 is 3.42. The Morgan fingerprint density at radius 2 is 2.22 bits per heavy atom. The van der Waals surface area contributed by atoms with Crippen LogP contribution in [0.25, 0.3) is 11.0 Å². The van der Waals surface area contributed by atoms with E-state index in [0.29, 0.717) is 6.04 Å². The smallest absolute Gasteiger partial charge is 0.112 e. The molecule has 2 aromatic rings. The number of hydrogen-bond donors (Lipinski definition) is 1. The third kappa shape index (κ3) is 2.38. The zero-order chi connectivity index (χ0) is 12.4. The van der Waals surface area contributed by atoms with Gasteiger partial charge in [-0.25, -0.2) is 0 Å². The minimum absolute atomic E-state index is 0.506. The highest BCUT2D eigenvalue weighted by Gasteiger charge is 2.11. The van der Waals surface area contributed by atoms with E-state index in [1.165, 1.54) is 6.42 Å². The van der Waals surface area contributed by atoms with Gasteiger partial charge in [-0.2, -0.15) is 0 Å². The quantitative estimate of drug-likeness (QED) is 0.855. The molecule has 0 fully saturated rings. The van der Waals surface area contributed by atoms with Crippen LogP contribution in [0.1, 0.15) is 19.3 Å². The molecule has 1 atom stereocenters. The molecule has 0 saturated heterocycles. The fraction of sp³-hybridized carbons (Fsp3) is 0.286. The maximum atomic E-state index is 4.46. The van der Waals surface area contributed by atoms with Crippen molar-refractivity contribution in [1.82, 2.24) is 9.97 Å². The Kier molecular flexibility index (Phi) is 3.28. The molecule has 0 radical (unpaired) electrons. The third-order valence-electron chi connectivity index (χ3n) is 3.17. The maximum Gasteiger partial charge on any atom is 0.112 e. The number of aromatic nitrogens is 2. The summed E-state index contributed by atoms with van der Waals surface area (Å²) in [6, 6.07) is 4.50. The summed E-state index contributed by atoms with van der Waals surface area (Å²) in [4.78, 5) is 8.81. The Bertz CT molecular complexity index is 595. The molecule has 0 bridgehead atoms. The molecule has 1 unspecified atom stereocenters. The number of halogens is 1. The predicted molar refractivity (Wildman–Crippen MR) is 77.6 cm³/mol. The van der Waals surface area contributed by atoms with Gasteiger partial charge in [0.2, 0.25) is 0 Å². The van der Waals surface area contributed by atoms with Crippen LogP contribution in [0.3, 0.4) is 0 Å². The lowest BCUT2D eigenvalue weighted by atomic mass is 10.0. The van der Waals surface area contributed by atoms with Gasteiger partial charge in [0.25, 0.3) is 0 Å². The molecule has 1 N–H and O–H groups in total. The number of pyridine rings is 2. The van der Waals surface area contributed by atoms with Crippen LogP contribution in [-0.4, -0.2) is 16.0 Å². The number of nitrogens with one attached hydrogen (secondary N) is 1. The van der Waals surface area contributed by atoms with Gasteiger partial charge >= 0.3 is 0 Å². The first-order valence-electron chi connectivity index (χ1n) is 6.15. The number of rotatable bonds is 2. The molecule has 92 valence electrons. The second-order valence-electron chi connectivity index (χ2n) is 4.51. The summed E-state index contributed by atoms with van der Waals surface area (Å²) in [5, 5.41) is 3.57. The van der Waals surface area contributed by atoms with Gasteiger partial charge in [0.05, 0.1) is 11.2 Å². The lowest BCUT2D eigenvalue weighted by molar-refractivity contribution is 0.645. The number of allylic oxidation sites excluding steroid dienone is 1. The Morgan fingerprint density at radius 1 is 1.28 bits per heavy atom. The van der Waals surface area contributed by atoms with Crippen LogP contribution in [0.15, 0.2) is 41.2 Å². The van der Waals surface area contributed by atoms with Crippen molar-refractivity contribution >= 4 is 32.7 Å². The van der Waals surface area contributed by atoms with Crippen LogP contribution in [0.4, 0.5) is 5.69 Å². The van der Waals surface area contributed by atoms with Gasteiger partial charge in [0.1, 0.15) is 5.52 Å². The van der Waals surface area contributed by atoms with Crippen molar-refractivity contribution in [3.63, 3.8) is 0 Å². The van der Waals surface area contributed by atoms with E-state index in [1.807, 2.05) is 24.5 Å². The topological polar surface area (TPSA) is 37.8 Å². The van der Waals surface area contributed by atoms with E-state index in [2.05, 4.69) is 43.4 Å². The summed E-state index contributed by atoms with van der Waals surface area (Å²) in [7, 11) is 0. The standard InChI is InChI=1S/C14H14BrN3/c15-10-8-13-14(17-9-10)12(6-7-16-13)18-11-4-2-1-3-5-11/h1-2,6-9,11H,3-5H2,(H,16,18). The lowest BCUT2D eigenvalue weighted by Gasteiger charge is -2.21. The third-order valence-corrected chi connectivity index (χ3v) is 3.61. The van der Waals surface area contributed by atoms with E-state index >= 15 is 0 Å². The Morgan fingerprint density at radius 3 is 3.06 bits per heavy atom. The molecule has 0 amide bonds. The van der Waals surface area contributed by atoms with E-state index in [9.17, 15) is 0 Å². The fourth-order valence-corrected chi connectivity index (χ4v) is 2.59. The first kappa shape index (κ1) is 11.7. The molecule has 0 spiro atoms. The van der Waals surface area contributed by atoms with Gasteiger partial charge in [-0.1, -0.05) is 12.2 Å². The average Bonchev–Trinajstić information content (AvgIpc) is 2.40. The summed E-state index contributed by atoms with van der Waals surface area (Å²) in [6.07, 6.45) is 11.6. The minimum atomic E-state index is 0.506. The highest BCUT2D eigenvalue weighted by molar-refractivity contribution is 9.10. The summed E-state index contributed by atoms with van der Waals surface area (Å²) in [5.74, 6) is 0. The van der Waals surface area contributed by atoms with E-state index in [0.717, 1.165) is 34.0 Å². The fourth-order valence-electron chi connectivity index (χ4n) is 2.27. The van der Waals surface area contributed by atoms with E-state index in [4.69, 9.17) is 0 Å². The molecule has 1 aliphatic rings. The van der Waals surface area contributed by atoms with Crippen molar-refractivity contribution in [1.29, 1.82) is 0 Å². The van der Waals surface area contributed by atoms with E-state index in [-0.39, 0.29) is 0 Å². The van der Waals surface area contributed by atoms with Gasteiger partial charge in [-0.05, 0) is 47.3 Å². The van der Waals surface area contributed by atoms with Crippen molar-refractivity contribution in [2.24, 2.45) is 0 Å². The van der Waals surface area contributed by atoms with Crippen LogP contribution in [0.5, 0.6) is 0 Å². The van der Waals surface area contributed by atoms with Gasteiger partial charge in [-0.15, -0.1) is 0 Å². The summed E-state index contributed by atoms with van der Waals surface area (Å²) < 4.78 is 0.959. The van der Waals surface area contributed by atoms with Crippen LogP contribution >= 0.6 is 15.9 Å². The van der Waals surface area contributed by atoms with Gasteiger partial charge in [-0.3, -0.25) is 9.97 Å². The van der Waals surface area contributed by atoms with Crippen molar-refractivity contribution < 1.29 is 0 Å². The molecule has 0 aromatic carbocycles. The summed E-state index contributed by atoms with van der Waals surface area (Å²) in [5.41, 5.74) is 2.93. The lowest BCUT2D eigenvalue weighted by Crippen LogP contribution is -2.20. The van der Waals surface area contributed by atoms with Crippen molar-refractivity contribution in [3.8, 4) is 0 Å². The van der Waals surface area contributed by atoms with Gasteiger partial charge in [0, 0.05) is 22.9 Å². The zero-order valence-electron chi connectivity index (χ0n) is 9.94. The highest BCUT2D eigenvalue weighted by Crippen LogP contribution is 2.24. The van der Waals surface area contributed by atoms with E-state index in [1.54, 1.807) is 0 Å². The predicted octanol–water partition coefficient (Wildman–Crippen LogP) is 3.91. The largest absolute Gasteiger partial charge is 0.380 e. The van der Waals surface area contributed by atoms with Crippen molar-refractivity contribution in [2.45, 2.75) is 25.3 Å². The Hall–Kier alpha value is -1.42. The second kappa shape index (κ2) is 5.06. The average molecular weight is 304 g/mol. The second-order valence-corrected chi connectivity index (χ2v) is 5.42. The molecular weight excluding hydrogens is 290 g/mol. The maximum absolute atomic E-state index is 4.46. The number of fused-ring (bicyclic) bond motifs is 1. The molecular formula is C14H14BrN3. The van der Waals surface area contributed by atoms with Gasteiger partial charge in [0.15, 0.2) is 0 Å². The first-order valence-corrected chi connectivity index (χ1v) is 6.94. The normalized spacial score (nSPS) is 19.1. The first-order chi connectivity index (χ1) is 8.83. The molecule has 0 saturated carbocycles. The molecule has 2 aromatic heterocycles. The molecule has 2 heterocycles. The Labute approximate surface area is 114 Å². The number of anilines is 1. The highest BCUT2D eigenvalue weighted by atomic mass is 79.9. The van der Waals surface area contributed by atoms with Crippen LogP contribution in [0, 0.1) is 0 Å². The molecule has 3 rings (SSSR count). The molecule has 4 heteroatoms. The monoisotopic (exact) mass is 303 g/mol. The molecule has 3 nitrogen and oxygen atoms in total. The van der Waals surface area contributed by atoms with Crippen molar-refractivity contribution in [3.05, 3.63) is 41.2 Å². The van der Waals surface area contributed by atoms with Gasteiger partial charge < -0.3 is 5.32 Å². The number of nitrogens with zero attached hydrogens (tertiary/aromatic N) is 2. The minimum Gasteiger partial charge on any atom is -0.380 e. The van der Waals surface area contributed by atoms with E-state index < -0.39 is 0 Å². The van der Waals surface area contributed by atoms with Crippen LogP contribution < -0.4 is 5.32 Å². The molecule has 18 heavy (non-hydrogen) atoms. The van der Waals surface area contributed by atoms with Crippen LogP contribution in [0.2, 0.25) is 0 Å².